The van der Waals surface area contributed by atoms with Gasteiger partial charge in [-0.05, 0) is 43.5 Å². The van der Waals surface area contributed by atoms with Gasteiger partial charge >= 0.3 is 0 Å². The van der Waals surface area contributed by atoms with Gasteiger partial charge in [-0.25, -0.2) is 0 Å². The standard InChI is InChI=1S/C19H22N2O2/c1-3-4-6-16-8-10-18(11-9-16)20-19(23)14-21-12-5-7-17(13-21)15(2)22/h5,7-13H,3-4,6,14H2,1-2H3/p+1. The molecule has 0 aliphatic heterocycles. The summed E-state index contributed by atoms with van der Waals surface area (Å²) in [5.41, 5.74) is 2.67. The van der Waals surface area contributed by atoms with Crippen LogP contribution < -0.4 is 9.88 Å². The first-order valence-corrected chi connectivity index (χ1v) is 7.97. The Labute approximate surface area is 137 Å². The minimum absolute atomic E-state index is 0.0116. The van der Waals surface area contributed by atoms with Crippen LogP contribution in [0.2, 0.25) is 0 Å². The number of ketones is 1. The van der Waals surface area contributed by atoms with E-state index in [1.807, 2.05) is 12.1 Å². The van der Waals surface area contributed by atoms with Gasteiger partial charge in [-0.15, -0.1) is 0 Å². The van der Waals surface area contributed by atoms with E-state index in [1.54, 1.807) is 29.1 Å². The zero-order valence-corrected chi connectivity index (χ0v) is 13.7. The molecule has 4 heteroatoms. The number of rotatable bonds is 7. The number of aromatic nitrogens is 1. The number of carbonyl (C=O) groups excluding carboxylic acids is 2. The highest BCUT2D eigenvalue weighted by atomic mass is 16.2. The number of nitrogens with zero attached hydrogens (tertiary/aromatic N) is 1. The zero-order valence-electron chi connectivity index (χ0n) is 13.7. The molecule has 1 amide bonds. The van der Waals surface area contributed by atoms with Gasteiger partial charge in [-0.2, -0.15) is 4.57 Å². The van der Waals surface area contributed by atoms with Crippen molar-refractivity contribution in [3.05, 3.63) is 59.9 Å². The topological polar surface area (TPSA) is 50.1 Å². The van der Waals surface area contributed by atoms with Crippen LogP contribution >= 0.6 is 0 Å². The number of unbranched alkanes of at least 4 members (excludes halogenated alkanes) is 1. The van der Waals surface area contributed by atoms with E-state index in [9.17, 15) is 9.59 Å². The number of pyridine rings is 1. The van der Waals surface area contributed by atoms with E-state index in [4.69, 9.17) is 0 Å². The normalized spacial score (nSPS) is 10.3. The molecule has 0 unspecified atom stereocenters. The van der Waals surface area contributed by atoms with E-state index >= 15 is 0 Å². The van der Waals surface area contributed by atoms with Crippen molar-refractivity contribution in [1.29, 1.82) is 0 Å². The van der Waals surface area contributed by atoms with Gasteiger partial charge in [-0.1, -0.05) is 25.5 Å². The third-order valence-electron chi connectivity index (χ3n) is 3.65. The molecule has 4 nitrogen and oxygen atoms in total. The molecule has 0 aliphatic carbocycles. The Bertz CT molecular complexity index is 678. The quantitative estimate of drug-likeness (QED) is 0.631. The monoisotopic (exact) mass is 311 g/mol. The average molecular weight is 311 g/mol. The maximum absolute atomic E-state index is 12.1. The van der Waals surface area contributed by atoms with Crippen molar-refractivity contribution >= 4 is 17.4 Å². The zero-order chi connectivity index (χ0) is 16.7. The van der Waals surface area contributed by atoms with E-state index in [0.29, 0.717) is 5.56 Å². The highest BCUT2D eigenvalue weighted by Gasteiger charge is 2.11. The second-order valence-electron chi connectivity index (χ2n) is 5.67. The van der Waals surface area contributed by atoms with Gasteiger partial charge in [-0.3, -0.25) is 9.59 Å². The molecule has 120 valence electrons. The minimum atomic E-state index is -0.114. The number of Topliss-reactive ketones (excluding diaryl/α,β-unsaturated/α-hetero) is 1. The second-order valence-corrected chi connectivity index (χ2v) is 5.67. The lowest BCUT2D eigenvalue weighted by molar-refractivity contribution is -0.684. The Balaban J connectivity index is 1.94. The summed E-state index contributed by atoms with van der Waals surface area (Å²) >= 11 is 0. The lowest BCUT2D eigenvalue weighted by Crippen LogP contribution is -2.40. The fraction of sp³-hybridized carbons (Fsp3) is 0.316. The van der Waals surface area contributed by atoms with Crippen molar-refractivity contribution in [3.8, 4) is 0 Å². The number of hydrogen-bond acceptors (Lipinski definition) is 2. The van der Waals surface area contributed by atoms with E-state index in [1.165, 1.54) is 25.3 Å². The molecule has 0 atom stereocenters. The van der Waals surface area contributed by atoms with Crippen LogP contribution in [-0.4, -0.2) is 11.7 Å². The van der Waals surface area contributed by atoms with Crippen LogP contribution in [0.4, 0.5) is 5.69 Å². The molecule has 0 fully saturated rings. The number of anilines is 1. The maximum atomic E-state index is 12.1. The summed E-state index contributed by atoms with van der Waals surface area (Å²) in [6, 6.07) is 11.5. The molecule has 23 heavy (non-hydrogen) atoms. The summed E-state index contributed by atoms with van der Waals surface area (Å²) in [6.45, 7) is 3.87. The number of carbonyl (C=O) groups is 2. The van der Waals surface area contributed by atoms with Crippen molar-refractivity contribution in [2.75, 3.05) is 5.32 Å². The van der Waals surface area contributed by atoms with Gasteiger partial charge in [0, 0.05) is 11.8 Å². The van der Waals surface area contributed by atoms with Crippen molar-refractivity contribution in [2.45, 2.75) is 39.7 Å². The van der Waals surface area contributed by atoms with Crippen LogP contribution in [-0.2, 0) is 17.8 Å². The largest absolute Gasteiger partial charge is 0.321 e. The number of hydrogen-bond donors (Lipinski definition) is 1. The van der Waals surface area contributed by atoms with Crippen LogP contribution in [0.5, 0.6) is 0 Å². The van der Waals surface area contributed by atoms with E-state index < -0.39 is 0 Å². The summed E-state index contributed by atoms with van der Waals surface area (Å²) in [6.07, 6.45) is 6.89. The number of amides is 1. The van der Waals surface area contributed by atoms with E-state index in [2.05, 4.69) is 24.4 Å². The highest BCUT2D eigenvalue weighted by Crippen LogP contribution is 2.11. The molecule has 2 rings (SSSR count). The highest BCUT2D eigenvalue weighted by molar-refractivity contribution is 5.93. The third-order valence-corrected chi connectivity index (χ3v) is 3.65. The Kier molecular flexibility index (Phi) is 6.03. The lowest BCUT2D eigenvalue weighted by atomic mass is 10.1. The van der Waals surface area contributed by atoms with Crippen molar-refractivity contribution in [2.24, 2.45) is 0 Å². The smallest absolute Gasteiger partial charge is 0.290 e. The second kappa shape index (κ2) is 8.22. The predicted molar refractivity (Wildman–Crippen MR) is 90.3 cm³/mol. The van der Waals surface area contributed by atoms with Gasteiger partial charge in [0.1, 0.15) is 0 Å². The molecule has 2 aromatic rings. The van der Waals surface area contributed by atoms with Crippen LogP contribution in [0.1, 0.15) is 42.6 Å². The van der Waals surface area contributed by atoms with Gasteiger partial charge in [0.15, 0.2) is 18.2 Å². The Morgan fingerprint density at radius 2 is 1.87 bits per heavy atom. The molecule has 1 aromatic carbocycles. The Morgan fingerprint density at radius 3 is 2.52 bits per heavy atom. The van der Waals surface area contributed by atoms with Crippen LogP contribution in [0.3, 0.4) is 0 Å². The van der Waals surface area contributed by atoms with Gasteiger partial charge < -0.3 is 5.32 Å². The number of benzene rings is 1. The van der Waals surface area contributed by atoms with Crippen LogP contribution in [0, 0.1) is 0 Å². The van der Waals surface area contributed by atoms with Crippen LogP contribution in [0.15, 0.2) is 48.8 Å². The molecule has 0 radical (unpaired) electrons. The third kappa shape index (κ3) is 5.33. The first-order chi connectivity index (χ1) is 11.1. The van der Waals surface area contributed by atoms with E-state index in [0.717, 1.165) is 12.1 Å². The fourth-order valence-electron chi connectivity index (χ4n) is 2.33. The molecule has 0 bridgehead atoms. The molecule has 1 N–H and O–H groups in total. The predicted octanol–water partition coefficient (Wildman–Crippen LogP) is 3.16. The van der Waals surface area contributed by atoms with Crippen molar-refractivity contribution < 1.29 is 14.2 Å². The van der Waals surface area contributed by atoms with Crippen molar-refractivity contribution in [3.63, 3.8) is 0 Å². The molecular weight excluding hydrogens is 288 g/mol. The average Bonchev–Trinajstić information content (AvgIpc) is 2.54. The molecule has 0 aliphatic rings. The van der Waals surface area contributed by atoms with Gasteiger partial charge in [0.2, 0.25) is 6.54 Å². The number of nitrogens with one attached hydrogen (secondary N) is 1. The molecule has 0 saturated carbocycles. The van der Waals surface area contributed by atoms with Crippen molar-refractivity contribution in [1.82, 2.24) is 0 Å². The summed E-state index contributed by atoms with van der Waals surface area (Å²) < 4.78 is 1.71. The molecule has 1 aromatic heterocycles. The summed E-state index contributed by atoms with van der Waals surface area (Å²) in [4.78, 5) is 23.5. The summed E-state index contributed by atoms with van der Waals surface area (Å²) in [7, 11) is 0. The Hall–Kier alpha value is -2.49. The van der Waals surface area contributed by atoms with Crippen LogP contribution in [0.25, 0.3) is 0 Å². The van der Waals surface area contributed by atoms with E-state index in [-0.39, 0.29) is 18.2 Å². The fourth-order valence-corrected chi connectivity index (χ4v) is 2.33. The SMILES string of the molecule is CCCCc1ccc(NC(=O)C[n+]2cccc(C(C)=O)c2)cc1. The van der Waals surface area contributed by atoms with Gasteiger partial charge in [0.25, 0.3) is 5.91 Å². The molecule has 0 spiro atoms. The lowest BCUT2D eigenvalue weighted by Gasteiger charge is -2.05. The first-order valence-electron chi connectivity index (χ1n) is 7.97. The minimum Gasteiger partial charge on any atom is -0.321 e. The van der Waals surface area contributed by atoms with Gasteiger partial charge in [0.05, 0.1) is 5.56 Å². The summed E-state index contributed by atoms with van der Waals surface area (Å²) in [5.74, 6) is -0.126. The molecule has 0 saturated heterocycles. The number of aryl methyl sites for hydroxylation is 1. The molecular formula is C19H23N2O2+. The first kappa shape index (κ1) is 16.9. The summed E-state index contributed by atoms with van der Waals surface area (Å²) in [5, 5.41) is 2.88. The maximum Gasteiger partial charge on any atom is 0.290 e. The Morgan fingerprint density at radius 1 is 1.13 bits per heavy atom. The molecule has 1 heterocycles.